The van der Waals surface area contributed by atoms with Crippen molar-refractivity contribution in [2.45, 2.75) is 135 Å². The Labute approximate surface area is 286 Å². The van der Waals surface area contributed by atoms with Gasteiger partial charge in [0, 0.05) is 36.5 Å². The van der Waals surface area contributed by atoms with Crippen molar-refractivity contribution < 1.29 is 14.1 Å². The van der Waals surface area contributed by atoms with Crippen LogP contribution in [0.3, 0.4) is 0 Å². The molecule has 47 heavy (non-hydrogen) atoms. The van der Waals surface area contributed by atoms with Crippen molar-refractivity contribution in [3.63, 3.8) is 0 Å². The van der Waals surface area contributed by atoms with E-state index >= 15 is 0 Å². The number of hydrogen-bond donors (Lipinski definition) is 3. The monoisotopic (exact) mass is 646 g/mol. The zero-order valence-corrected chi connectivity index (χ0v) is 30.1. The first-order chi connectivity index (χ1) is 22.8. The number of aromatic nitrogens is 1. The van der Waals surface area contributed by atoms with Gasteiger partial charge >= 0.3 is 0 Å². The van der Waals surface area contributed by atoms with Crippen LogP contribution in [0, 0.1) is 0 Å². The summed E-state index contributed by atoms with van der Waals surface area (Å²) in [6, 6.07) is 17.3. The number of H-pyrrole nitrogens is 1. The Morgan fingerprint density at radius 3 is 1.77 bits per heavy atom. The molecular weight excluding hydrogens is 580 g/mol. The van der Waals surface area contributed by atoms with Gasteiger partial charge in [0.2, 0.25) is 5.91 Å². The van der Waals surface area contributed by atoms with Gasteiger partial charge in [0.25, 0.3) is 5.91 Å². The topological polar surface area (TPSA) is 74.0 Å². The zero-order valence-electron chi connectivity index (χ0n) is 30.1. The van der Waals surface area contributed by atoms with Gasteiger partial charge in [-0.15, -0.1) is 0 Å². The number of fused-ring (bicyclic) bond motifs is 1. The van der Waals surface area contributed by atoms with Crippen LogP contribution in [0.4, 0.5) is 0 Å². The molecule has 260 valence electrons. The molecule has 0 spiro atoms. The third-order valence-corrected chi connectivity index (χ3v) is 9.57. The second-order valence-corrected chi connectivity index (χ2v) is 14.5. The number of likely N-dealkylation sites (N-methyl/N-ethyl adjacent to an activating group) is 1. The normalized spacial score (nSPS) is 13.0. The maximum absolute atomic E-state index is 13.8. The molecule has 0 fully saturated rings. The predicted molar refractivity (Wildman–Crippen MR) is 198 cm³/mol. The lowest BCUT2D eigenvalue weighted by Crippen LogP contribution is -2.59. The molecule has 0 radical (unpaired) electrons. The molecule has 0 aliphatic rings. The number of unbranched alkanes of at least 4 members (excludes halogenated alkanes) is 15. The molecule has 0 aliphatic heterocycles. The first-order valence-corrected chi connectivity index (χ1v) is 18.8. The van der Waals surface area contributed by atoms with Crippen LogP contribution in [0.5, 0.6) is 0 Å². The fourth-order valence-electron chi connectivity index (χ4n) is 6.56. The number of aromatic amines is 1. The highest BCUT2D eigenvalue weighted by Crippen LogP contribution is 2.20. The van der Waals surface area contributed by atoms with Crippen LogP contribution in [-0.4, -0.2) is 61.1 Å². The lowest BCUT2D eigenvalue weighted by molar-refractivity contribution is -0.886. The van der Waals surface area contributed by atoms with Gasteiger partial charge in [0.05, 0.1) is 21.1 Å². The average Bonchev–Trinajstić information content (AvgIpc) is 3.47. The number of para-hydroxylation sites is 1. The fraction of sp³-hybridized carbons (Fsp3) is 0.610. The fourth-order valence-corrected chi connectivity index (χ4v) is 6.56. The number of amides is 2. The van der Waals surface area contributed by atoms with Crippen molar-refractivity contribution in [1.82, 2.24) is 15.6 Å². The maximum Gasteiger partial charge on any atom is 0.279 e. The largest absolute Gasteiger partial charge is 0.361 e. The number of carbonyl (C=O) groups excluding carboxylic acids is 2. The molecule has 3 aromatic rings. The molecule has 0 saturated carbocycles. The molecular formula is C41H65N4O2+. The third kappa shape index (κ3) is 14.7. The van der Waals surface area contributed by atoms with Crippen LogP contribution >= 0.6 is 0 Å². The van der Waals surface area contributed by atoms with E-state index in [4.69, 9.17) is 0 Å². The van der Waals surface area contributed by atoms with Crippen molar-refractivity contribution in [3.05, 3.63) is 71.9 Å². The van der Waals surface area contributed by atoms with Gasteiger partial charge in [-0.2, -0.15) is 0 Å². The minimum atomic E-state index is -0.646. The number of rotatable bonds is 25. The number of nitrogens with zero attached hydrogens (tertiary/aromatic N) is 1. The SMILES string of the molecule is CCCCCCCCCCCCCCCCCCNC(=O)[C@H](Cc1c[nH]c2ccccc12)NC(=O)[C@H](Cc1ccccc1)[N+](C)(C)C. The lowest BCUT2D eigenvalue weighted by Gasteiger charge is -2.34. The van der Waals surface area contributed by atoms with Crippen LogP contribution in [0.2, 0.25) is 0 Å². The highest BCUT2D eigenvalue weighted by molar-refractivity contribution is 5.91. The molecule has 0 saturated heterocycles. The van der Waals surface area contributed by atoms with Crippen molar-refractivity contribution in [2.75, 3.05) is 27.7 Å². The van der Waals surface area contributed by atoms with E-state index in [1.165, 1.54) is 89.9 Å². The number of hydrogen-bond acceptors (Lipinski definition) is 2. The lowest BCUT2D eigenvalue weighted by atomic mass is 10.0. The van der Waals surface area contributed by atoms with Gasteiger partial charge in [-0.1, -0.05) is 152 Å². The van der Waals surface area contributed by atoms with E-state index in [9.17, 15) is 9.59 Å². The summed E-state index contributed by atoms with van der Waals surface area (Å²) in [6.07, 6.45) is 24.2. The van der Waals surface area contributed by atoms with Gasteiger partial charge in [-0.3, -0.25) is 9.59 Å². The minimum absolute atomic E-state index is 0.0937. The molecule has 0 bridgehead atoms. The summed E-state index contributed by atoms with van der Waals surface area (Å²) in [5, 5.41) is 7.42. The molecule has 0 unspecified atom stereocenters. The summed E-state index contributed by atoms with van der Waals surface area (Å²) in [6.45, 7) is 2.92. The molecule has 2 atom stereocenters. The Bertz CT molecular complexity index is 1280. The van der Waals surface area contributed by atoms with Crippen molar-refractivity contribution >= 4 is 22.7 Å². The molecule has 1 aromatic heterocycles. The van der Waals surface area contributed by atoms with E-state index in [-0.39, 0.29) is 17.9 Å². The Morgan fingerprint density at radius 2 is 1.19 bits per heavy atom. The molecule has 6 heteroatoms. The Balaban J connectivity index is 1.42. The van der Waals surface area contributed by atoms with Crippen LogP contribution in [0.15, 0.2) is 60.8 Å². The summed E-state index contributed by atoms with van der Waals surface area (Å²) < 4.78 is 0.474. The average molecular weight is 646 g/mol. The van der Waals surface area contributed by atoms with E-state index in [1.54, 1.807) is 0 Å². The third-order valence-electron chi connectivity index (χ3n) is 9.57. The predicted octanol–water partition coefficient (Wildman–Crippen LogP) is 8.89. The first-order valence-electron chi connectivity index (χ1n) is 18.8. The number of benzene rings is 2. The molecule has 2 aromatic carbocycles. The Morgan fingerprint density at radius 1 is 0.660 bits per heavy atom. The smallest absolute Gasteiger partial charge is 0.279 e. The number of carbonyl (C=O) groups is 2. The highest BCUT2D eigenvalue weighted by Gasteiger charge is 2.34. The van der Waals surface area contributed by atoms with Gasteiger partial charge in [-0.05, 0) is 23.6 Å². The van der Waals surface area contributed by atoms with E-state index in [2.05, 4.69) is 40.7 Å². The number of nitrogens with one attached hydrogen (secondary N) is 3. The van der Waals surface area contributed by atoms with Crippen molar-refractivity contribution in [1.29, 1.82) is 0 Å². The first kappa shape index (κ1) is 38.3. The van der Waals surface area contributed by atoms with Crippen LogP contribution in [0.1, 0.15) is 121 Å². The summed E-state index contributed by atoms with van der Waals surface area (Å²) in [4.78, 5) is 30.7. The van der Waals surface area contributed by atoms with Crippen molar-refractivity contribution in [2.24, 2.45) is 0 Å². The van der Waals surface area contributed by atoms with E-state index in [0.717, 1.165) is 34.9 Å². The van der Waals surface area contributed by atoms with Gasteiger partial charge in [0.1, 0.15) is 6.04 Å². The molecule has 3 N–H and O–H groups in total. The molecule has 6 nitrogen and oxygen atoms in total. The maximum atomic E-state index is 13.8. The second kappa shape index (κ2) is 21.7. The van der Waals surface area contributed by atoms with Crippen LogP contribution < -0.4 is 10.6 Å². The molecule has 1 heterocycles. The zero-order chi connectivity index (χ0) is 33.7. The van der Waals surface area contributed by atoms with E-state index in [1.807, 2.05) is 63.7 Å². The second-order valence-electron chi connectivity index (χ2n) is 14.5. The molecule has 0 aliphatic carbocycles. The van der Waals surface area contributed by atoms with Gasteiger partial charge < -0.3 is 20.1 Å². The summed E-state index contributed by atoms with van der Waals surface area (Å²) in [5.41, 5.74) is 3.18. The van der Waals surface area contributed by atoms with E-state index < -0.39 is 6.04 Å². The standard InChI is InChI=1S/C41H64N4O2/c1-5-6-7-8-9-10-11-12-13-14-15-16-17-18-19-25-30-42-40(46)38(32-35-33-43-37-29-24-23-28-36(35)37)44-41(47)39(45(2,3)4)31-34-26-21-20-22-27-34/h20-24,26-29,33,38-39,43H,5-19,25,30-32H2,1-4H3,(H-,42,44,46,47)/p+1/t38-,39-/m0/s1. The minimum Gasteiger partial charge on any atom is -0.361 e. The summed E-state index contributed by atoms with van der Waals surface area (Å²) >= 11 is 0. The van der Waals surface area contributed by atoms with Crippen molar-refractivity contribution in [3.8, 4) is 0 Å². The number of quaternary nitrogens is 1. The Kier molecular flexibility index (Phi) is 17.7. The van der Waals surface area contributed by atoms with E-state index in [0.29, 0.717) is 23.9 Å². The van der Waals surface area contributed by atoms with Gasteiger partial charge in [-0.25, -0.2) is 0 Å². The Hall–Kier alpha value is -3.12. The molecule has 3 rings (SSSR count). The summed E-state index contributed by atoms with van der Waals surface area (Å²) in [7, 11) is 6.12. The summed E-state index contributed by atoms with van der Waals surface area (Å²) in [5.74, 6) is -0.201. The highest BCUT2D eigenvalue weighted by atomic mass is 16.2. The quantitative estimate of drug-likeness (QED) is 0.0636. The molecule has 2 amide bonds. The van der Waals surface area contributed by atoms with Crippen LogP contribution in [-0.2, 0) is 22.4 Å². The van der Waals surface area contributed by atoms with Gasteiger partial charge in [0.15, 0.2) is 6.04 Å². The van der Waals surface area contributed by atoms with Crippen LogP contribution in [0.25, 0.3) is 10.9 Å².